The molecule has 3 saturated heterocycles. The molecule has 346 valence electrons. The molecule has 0 aliphatic carbocycles. The van der Waals surface area contributed by atoms with Gasteiger partial charge < -0.3 is 57.7 Å². The van der Waals surface area contributed by atoms with Gasteiger partial charge in [0.1, 0.15) is 47.0 Å². The number of methoxy groups -OCH3 is 1. The van der Waals surface area contributed by atoms with Crippen LogP contribution in [0, 0.1) is 17.8 Å². The highest BCUT2D eigenvalue weighted by Crippen LogP contribution is 2.48. The van der Waals surface area contributed by atoms with Crippen LogP contribution >= 0.6 is 0 Å². The molecule has 15 nitrogen and oxygen atoms in total. The summed E-state index contributed by atoms with van der Waals surface area (Å²) in [5.41, 5.74) is -3.14. The molecule has 0 saturated carbocycles. The van der Waals surface area contributed by atoms with E-state index in [4.69, 9.17) is 42.6 Å². The van der Waals surface area contributed by atoms with Crippen LogP contribution in [0.25, 0.3) is 0 Å². The summed E-state index contributed by atoms with van der Waals surface area (Å²) in [7, 11) is 5.36. The fourth-order valence-corrected chi connectivity index (χ4v) is 9.95. The van der Waals surface area contributed by atoms with E-state index in [1.165, 1.54) is 6.92 Å². The van der Waals surface area contributed by atoms with E-state index in [1.807, 2.05) is 74.4 Å². The Hall–Kier alpha value is -2.37. The molecule has 17 atom stereocenters. The van der Waals surface area contributed by atoms with Crippen molar-refractivity contribution in [1.82, 2.24) is 4.90 Å². The second-order valence-electron chi connectivity index (χ2n) is 18.8. The molecule has 60 heavy (non-hydrogen) atoms. The van der Waals surface area contributed by atoms with Gasteiger partial charge >= 0.3 is 17.9 Å². The van der Waals surface area contributed by atoms with Gasteiger partial charge in [0.05, 0.1) is 30.1 Å². The van der Waals surface area contributed by atoms with Crippen molar-refractivity contribution >= 4 is 17.9 Å². The first kappa shape index (κ1) is 50.3. The lowest BCUT2D eigenvalue weighted by molar-refractivity contribution is -0.317. The van der Waals surface area contributed by atoms with Crippen molar-refractivity contribution < 1.29 is 67.2 Å². The molecule has 4 rings (SSSR count). The Morgan fingerprint density at radius 1 is 0.883 bits per heavy atom. The zero-order valence-corrected chi connectivity index (χ0v) is 39.0. The van der Waals surface area contributed by atoms with E-state index >= 15 is 0 Å². The number of carbonyl (C=O) groups is 3. The van der Waals surface area contributed by atoms with Crippen molar-refractivity contribution in [2.75, 3.05) is 21.2 Å². The number of fused-ring (bicyclic) bond motifs is 2. The average molecular weight is 856 g/mol. The van der Waals surface area contributed by atoms with Gasteiger partial charge in [-0.15, -0.1) is 0 Å². The SMILES string of the molecule is CCCC(=O)O[C@@H]1[C@@H](C)C2=C(C)C[C@@](C)(O2)[C@H](O[C@@H]2O[C@H](C)C[C@H](N(C)C)[C@H]2O)[C@@H](C)[C@H](O[C@H]2C[C@@](C)(OC)[C@@H](OC(=O)CCC)[C@H](C)O2)[C@@H](C)C(=O)O[C@H](CC)[C@@]1(C)O. The van der Waals surface area contributed by atoms with Gasteiger partial charge in [-0.3, -0.25) is 14.4 Å². The van der Waals surface area contributed by atoms with Crippen molar-refractivity contribution in [2.45, 2.75) is 219 Å². The molecule has 3 fully saturated rings. The molecule has 0 aromatic heterocycles. The third kappa shape index (κ3) is 10.9. The maximum atomic E-state index is 14.6. The summed E-state index contributed by atoms with van der Waals surface area (Å²) in [5, 5.41) is 24.2. The van der Waals surface area contributed by atoms with Crippen LogP contribution in [0.3, 0.4) is 0 Å². The maximum Gasteiger partial charge on any atom is 0.311 e. The number of rotatable bonds is 13. The molecule has 0 amide bonds. The number of ether oxygens (including phenoxy) is 9. The molecule has 4 aliphatic rings. The number of aliphatic hydroxyl groups excluding tert-OH is 1. The number of hydrogen-bond donors (Lipinski definition) is 2. The maximum absolute atomic E-state index is 14.6. The van der Waals surface area contributed by atoms with Crippen LogP contribution in [-0.4, -0.2) is 138 Å². The van der Waals surface area contributed by atoms with Gasteiger partial charge in [-0.05, 0) is 93.8 Å². The van der Waals surface area contributed by atoms with Crippen LogP contribution in [0.15, 0.2) is 11.3 Å². The highest BCUT2D eigenvalue weighted by Gasteiger charge is 2.57. The lowest BCUT2D eigenvalue weighted by Gasteiger charge is -2.49. The van der Waals surface area contributed by atoms with E-state index < -0.39 is 102 Å². The first-order chi connectivity index (χ1) is 28.0. The van der Waals surface area contributed by atoms with Gasteiger partial charge in [0, 0.05) is 44.8 Å². The molecule has 0 spiro atoms. The fourth-order valence-electron chi connectivity index (χ4n) is 9.95. The average Bonchev–Trinajstić information content (AvgIpc) is 3.49. The molecule has 0 unspecified atom stereocenters. The Kier molecular flexibility index (Phi) is 17.1. The second-order valence-corrected chi connectivity index (χ2v) is 18.8. The molecule has 2 bridgehead atoms. The molecular formula is C45H77NO14. The van der Waals surface area contributed by atoms with Crippen LogP contribution in [0.1, 0.15) is 134 Å². The molecule has 15 heteroatoms. The molecular weight excluding hydrogens is 778 g/mol. The minimum absolute atomic E-state index is 0.137. The number of aliphatic hydroxyl groups is 2. The summed E-state index contributed by atoms with van der Waals surface area (Å²) in [5.74, 6) is -3.32. The molecule has 2 N–H and O–H groups in total. The predicted molar refractivity (Wildman–Crippen MR) is 221 cm³/mol. The van der Waals surface area contributed by atoms with E-state index in [0.29, 0.717) is 31.4 Å². The number of cyclic esters (lactones) is 1. The van der Waals surface area contributed by atoms with Crippen molar-refractivity contribution in [3.63, 3.8) is 0 Å². The summed E-state index contributed by atoms with van der Waals surface area (Å²) in [6.07, 6.45) is -5.97. The monoisotopic (exact) mass is 856 g/mol. The molecule has 4 heterocycles. The largest absolute Gasteiger partial charge is 0.488 e. The highest BCUT2D eigenvalue weighted by molar-refractivity contribution is 5.73. The second kappa shape index (κ2) is 20.4. The first-order valence-corrected chi connectivity index (χ1v) is 22.2. The van der Waals surface area contributed by atoms with Gasteiger partial charge in [-0.25, -0.2) is 0 Å². The van der Waals surface area contributed by atoms with Crippen LogP contribution in [0.4, 0.5) is 0 Å². The first-order valence-electron chi connectivity index (χ1n) is 22.2. The summed E-state index contributed by atoms with van der Waals surface area (Å²) in [4.78, 5) is 42.4. The van der Waals surface area contributed by atoms with Crippen molar-refractivity contribution in [3.8, 4) is 0 Å². The summed E-state index contributed by atoms with van der Waals surface area (Å²) >= 11 is 0. The zero-order valence-electron chi connectivity index (χ0n) is 39.0. The third-order valence-electron chi connectivity index (χ3n) is 13.3. The summed E-state index contributed by atoms with van der Waals surface area (Å²) in [6, 6.07) is -0.271. The van der Waals surface area contributed by atoms with Gasteiger partial charge in [-0.2, -0.15) is 0 Å². The van der Waals surface area contributed by atoms with Crippen LogP contribution in [0.2, 0.25) is 0 Å². The van der Waals surface area contributed by atoms with Gasteiger partial charge in [-0.1, -0.05) is 34.6 Å². The van der Waals surface area contributed by atoms with E-state index in [9.17, 15) is 24.6 Å². The summed E-state index contributed by atoms with van der Waals surface area (Å²) in [6.45, 7) is 22.0. The number of carbonyl (C=O) groups excluding carboxylic acids is 3. The number of esters is 3. The lowest BCUT2D eigenvalue weighted by atomic mass is 9.78. The van der Waals surface area contributed by atoms with Crippen molar-refractivity contribution in [3.05, 3.63) is 11.3 Å². The van der Waals surface area contributed by atoms with Crippen molar-refractivity contribution in [2.24, 2.45) is 17.8 Å². The van der Waals surface area contributed by atoms with E-state index in [2.05, 4.69) is 0 Å². The molecule has 0 aromatic rings. The topological polar surface area (TPSA) is 178 Å². The van der Waals surface area contributed by atoms with Crippen LogP contribution in [-0.2, 0) is 57.0 Å². The number of hydrogen-bond acceptors (Lipinski definition) is 15. The molecule has 4 aliphatic heterocycles. The Balaban J connectivity index is 1.86. The minimum atomic E-state index is -1.85. The highest BCUT2D eigenvalue weighted by atomic mass is 16.7. The zero-order chi connectivity index (χ0) is 45.1. The minimum Gasteiger partial charge on any atom is -0.488 e. The van der Waals surface area contributed by atoms with Crippen molar-refractivity contribution in [1.29, 1.82) is 0 Å². The Labute approximate surface area is 358 Å². The molecule has 0 aromatic carbocycles. The normalized spacial score (nSPS) is 43.0. The van der Waals surface area contributed by atoms with E-state index in [1.54, 1.807) is 27.9 Å². The Morgan fingerprint density at radius 3 is 2.03 bits per heavy atom. The predicted octanol–water partition coefficient (Wildman–Crippen LogP) is 5.59. The van der Waals surface area contributed by atoms with Crippen LogP contribution < -0.4 is 0 Å². The quantitative estimate of drug-likeness (QED) is 0.173. The van der Waals surface area contributed by atoms with Gasteiger partial charge in [0.25, 0.3) is 0 Å². The standard InChI is InChI=1S/C45H77NO14/c1-16-19-32(47)56-39-26(6)36-24(4)22-44(11,60-36)38(59-42-35(49)30(46(13)14)21-25(5)53-42)27(7)37(28(8)41(50)55-31(18-3)45(39,12)51)58-34-23-43(10,52-15)40(29(9)54-34)57-33(48)20-17-2/h25-31,34-35,37-40,42,49,51H,16-23H2,1-15H3/t25-,26+,27+,28-,29+,30+,31-,34+,35-,37+,38-,39-,40+,42+,43-,44-,45-/m1/s1. The summed E-state index contributed by atoms with van der Waals surface area (Å²) < 4.78 is 58.0. The molecule has 0 radical (unpaired) electrons. The Bertz CT molecular complexity index is 1500. The number of likely N-dealkylation sites (N-methyl/N-ethyl adjacent to an activating group) is 1. The fraction of sp³-hybridized carbons (Fsp3) is 0.889. The van der Waals surface area contributed by atoms with Crippen LogP contribution in [0.5, 0.6) is 0 Å². The lowest BCUT2D eigenvalue weighted by Crippen LogP contribution is -2.60. The third-order valence-corrected chi connectivity index (χ3v) is 13.3. The van der Waals surface area contributed by atoms with E-state index in [-0.39, 0.29) is 43.8 Å². The number of nitrogens with zero attached hydrogens (tertiary/aromatic N) is 1. The smallest absolute Gasteiger partial charge is 0.311 e. The van der Waals surface area contributed by atoms with Gasteiger partial charge in [0.15, 0.2) is 18.7 Å². The Morgan fingerprint density at radius 2 is 1.48 bits per heavy atom. The van der Waals surface area contributed by atoms with Gasteiger partial charge in [0.2, 0.25) is 0 Å². The van der Waals surface area contributed by atoms with E-state index in [0.717, 1.165) is 5.57 Å².